The summed E-state index contributed by atoms with van der Waals surface area (Å²) in [7, 11) is -4.29. The van der Waals surface area contributed by atoms with Crippen LogP contribution in [0, 0.1) is 24.0 Å². The van der Waals surface area contributed by atoms with E-state index in [-0.39, 0.29) is 16.5 Å². The van der Waals surface area contributed by atoms with Gasteiger partial charge in [0.25, 0.3) is 0 Å². The zero-order valence-corrected chi connectivity index (χ0v) is 17.9. The third kappa shape index (κ3) is 5.63. The highest BCUT2D eigenvalue weighted by atomic mass is 32.2. The summed E-state index contributed by atoms with van der Waals surface area (Å²) < 4.78 is 30.4. The molecule has 2 rings (SSSR count). The average Bonchev–Trinajstić information content (AvgIpc) is 2.64. The van der Waals surface area contributed by atoms with Crippen molar-refractivity contribution in [1.29, 1.82) is 0 Å². The fourth-order valence-electron chi connectivity index (χ4n) is 2.76. The van der Waals surface area contributed by atoms with Crippen molar-refractivity contribution in [3.05, 3.63) is 45.8 Å². The van der Waals surface area contributed by atoms with E-state index in [1.54, 1.807) is 24.0 Å². The Labute approximate surface area is 171 Å². The smallest absolute Gasteiger partial charge is 0.351 e. The van der Waals surface area contributed by atoms with Crippen LogP contribution in [0.4, 0.5) is 11.5 Å². The van der Waals surface area contributed by atoms with E-state index >= 15 is 0 Å². The van der Waals surface area contributed by atoms with E-state index < -0.39 is 26.6 Å². The second kappa shape index (κ2) is 9.64. The lowest BCUT2D eigenvalue weighted by Gasteiger charge is -2.23. The van der Waals surface area contributed by atoms with Crippen molar-refractivity contribution in [1.82, 2.24) is 9.97 Å². The normalized spacial score (nSPS) is 11.3. The summed E-state index contributed by atoms with van der Waals surface area (Å²) in [5, 5.41) is 11.8. The molecule has 0 aliphatic heterocycles. The summed E-state index contributed by atoms with van der Waals surface area (Å²) >= 11 is 0. The Morgan fingerprint density at radius 1 is 1.07 bits per heavy atom. The molecule has 0 fully saturated rings. The van der Waals surface area contributed by atoms with Crippen LogP contribution in [0.2, 0.25) is 0 Å². The van der Waals surface area contributed by atoms with E-state index in [0.29, 0.717) is 13.1 Å². The Hall–Kier alpha value is -2.75. The molecule has 1 heterocycles. The summed E-state index contributed by atoms with van der Waals surface area (Å²) in [4.78, 5) is 21.0. The molecule has 0 radical (unpaired) electrons. The maximum atomic E-state index is 12.7. The number of rotatable bonds is 10. The fourth-order valence-corrected chi connectivity index (χ4v) is 3.65. The van der Waals surface area contributed by atoms with Crippen molar-refractivity contribution in [3.63, 3.8) is 0 Å². The van der Waals surface area contributed by atoms with Crippen LogP contribution in [0.3, 0.4) is 0 Å². The molecule has 29 heavy (non-hydrogen) atoms. The van der Waals surface area contributed by atoms with E-state index in [9.17, 15) is 18.5 Å². The predicted molar refractivity (Wildman–Crippen MR) is 110 cm³/mol. The van der Waals surface area contributed by atoms with Crippen LogP contribution in [-0.2, 0) is 10.1 Å². The highest BCUT2D eigenvalue weighted by Gasteiger charge is 2.32. The number of hydrogen-bond acceptors (Lipinski definition) is 8. The molecule has 0 unspecified atom stereocenters. The number of hydrogen-bond donors (Lipinski definition) is 0. The standard InChI is InChI=1S/C19H26N4O5S/c1-5-7-13-22(12-6-2)18-17(23(24)25)19(21-15(4)20-18)28-29(26,27)16-10-8-14(3)9-11-16/h8-11H,5-7,12-13H2,1-4H3. The van der Waals surface area contributed by atoms with Crippen molar-refractivity contribution in [2.75, 3.05) is 18.0 Å². The lowest BCUT2D eigenvalue weighted by molar-refractivity contribution is -0.385. The predicted octanol–water partition coefficient (Wildman–Crippen LogP) is 3.79. The van der Waals surface area contributed by atoms with Gasteiger partial charge in [-0.15, -0.1) is 0 Å². The van der Waals surface area contributed by atoms with E-state index in [0.717, 1.165) is 24.8 Å². The summed E-state index contributed by atoms with van der Waals surface area (Å²) in [6.07, 6.45) is 2.48. The second-order valence-electron chi connectivity index (χ2n) is 6.70. The minimum atomic E-state index is -4.29. The van der Waals surface area contributed by atoms with Crippen molar-refractivity contribution in [2.45, 2.75) is 51.9 Å². The van der Waals surface area contributed by atoms with Crippen molar-refractivity contribution in [2.24, 2.45) is 0 Å². The monoisotopic (exact) mass is 422 g/mol. The Bertz CT molecular complexity index is 961. The molecule has 158 valence electrons. The molecule has 10 heteroatoms. The molecule has 0 amide bonds. The molecule has 9 nitrogen and oxygen atoms in total. The van der Waals surface area contributed by atoms with Gasteiger partial charge >= 0.3 is 21.7 Å². The lowest BCUT2D eigenvalue weighted by Crippen LogP contribution is -2.28. The van der Waals surface area contributed by atoms with Crippen LogP contribution in [-0.4, -0.2) is 36.4 Å². The maximum Gasteiger partial charge on any atom is 0.374 e. The fraction of sp³-hybridized carbons (Fsp3) is 0.474. The van der Waals surface area contributed by atoms with Gasteiger partial charge in [0.1, 0.15) is 10.7 Å². The van der Waals surface area contributed by atoms with Gasteiger partial charge in [-0.25, -0.2) is 4.98 Å². The Kier molecular flexibility index (Phi) is 7.49. The first-order valence-corrected chi connectivity index (χ1v) is 10.9. The van der Waals surface area contributed by atoms with Crippen LogP contribution < -0.4 is 9.08 Å². The number of anilines is 1. The molecular weight excluding hydrogens is 396 g/mol. The molecule has 0 aliphatic rings. The van der Waals surface area contributed by atoms with Gasteiger partial charge in [0.05, 0.1) is 4.92 Å². The van der Waals surface area contributed by atoms with Gasteiger partial charge in [0, 0.05) is 13.1 Å². The minimum Gasteiger partial charge on any atom is -0.351 e. The van der Waals surface area contributed by atoms with Crippen LogP contribution in [0.15, 0.2) is 29.2 Å². The summed E-state index contributed by atoms with van der Waals surface area (Å²) in [6, 6.07) is 6.01. The van der Waals surface area contributed by atoms with Crippen molar-refractivity contribution < 1.29 is 17.5 Å². The first-order valence-electron chi connectivity index (χ1n) is 9.48. The first-order chi connectivity index (χ1) is 13.7. The van der Waals surface area contributed by atoms with E-state index in [1.165, 1.54) is 12.1 Å². The number of unbranched alkanes of at least 4 members (excludes halogenated alkanes) is 1. The highest BCUT2D eigenvalue weighted by Crippen LogP contribution is 2.36. The number of nitro groups is 1. The molecule has 1 aromatic carbocycles. The first kappa shape index (κ1) is 22.5. The minimum absolute atomic E-state index is 0.0758. The van der Waals surface area contributed by atoms with Gasteiger partial charge in [-0.3, -0.25) is 10.1 Å². The van der Waals surface area contributed by atoms with Crippen LogP contribution in [0.1, 0.15) is 44.5 Å². The molecule has 0 atom stereocenters. The van der Waals surface area contributed by atoms with Gasteiger partial charge < -0.3 is 9.08 Å². The van der Waals surface area contributed by atoms with E-state index in [2.05, 4.69) is 9.97 Å². The van der Waals surface area contributed by atoms with Gasteiger partial charge in [-0.2, -0.15) is 13.4 Å². The topological polar surface area (TPSA) is 116 Å². The van der Waals surface area contributed by atoms with Gasteiger partial charge in [0.2, 0.25) is 5.82 Å². The Morgan fingerprint density at radius 3 is 2.28 bits per heavy atom. The molecule has 0 aliphatic carbocycles. The molecule has 1 aromatic heterocycles. The second-order valence-corrected chi connectivity index (χ2v) is 8.24. The number of aryl methyl sites for hydroxylation is 2. The molecule has 0 spiro atoms. The van der Waals surface area contributed by atoms with Crippen LogP contribution >= 0.6 is 0 Å². The number of aromatic nitrogens is 2. The molecule has 0 N–H and O–H groups in total. The quantitative estimate of drug-likeness (QED) is 0.323. The summed E-state index contributed by atoms with van der Waals surface area (Å²) in [5.74, 6) is -0.306. The molecule has 0 bridgehead atoms. The Balaban J connectivity index is 2.55. The third-order valence-electron chi connectivity index (χ3n) is 4.20. The maximum absolute atomic E-state index is 12.7. The SMILES string of the molecule is CCCCN(CCC)c1nc(C)nc(OS(=O)(=O)c2ccc(C)cc2)c1[N+](=O)[O-]. The molecule has 0 saturated heterocycles. The largest absolute Gasteiger partial charge is 0.374 e. The van der Waals surface area contributed by atoms with Crippen molar-refractivity contribution >= 4 is 21.6 Å². The van der Waals surface area contributed by atoms with Crippen LogP contribution in [0.25, 0.3) is 0 Å². The van der Waals surface area contributed by atoms with Gasteiger partial charge in [-0.05, 0) is 38.8 Å². The zero-order valence-electron chi connectivity index (χ0n) is 17.1. The average molecular weight is 423 g/mol. The molecule has 2 aromatic rings. The van der Waals surface area contributed by atoms with Gasteiger partial charge in [0.15, 0.2) is 0 Å². The van der Waals surface area contributed by atoms with E-state index in [4.69, 9.17) is 4.18 Å². The Morgan fingerprint density at radius 2 is 1.72 bits per heavy atom. The van der Waals surface area contributed by atoms with Crippen molar-refractivity contribution in [3.8, 4) is 5.88 Å². The van der Waals surface area contributed by atoms with Gasteiger partial charge in [-0.1, -0.05) is 38.0 Å². The highest BCUT2D eigenvalue weighted by molar-refractivity contribution is 7.87. The van der Waals surface area contributed by atoms with E-state index in [1.807, 2.05) is 20.8 Å². The zero-order chi connectivity index (χ0) is 21.6. The molecular formula is C19H26N4O5S. The number of benzene rings is 1. The van der Waals surface area contributed by atoms with Crippen LogP contribution in [0.5, 0.6) is 5.88 Å². The lowest BCUT2D eigenvalue weighted by atomic mass is 10.2. The number of nitrogens with zero attached hydrogens (tertiary/aromatic N) is 4. The molecule has 0 saturated carbocycles. The summed E-state index contributed by atoms with van der Waals surface area (Å²) in [5.41, 5.74) is 0.331. The summed E-state index contributed by atoms with van der Waals surface area (Å²) in [6.45, 7) is 8.45. The third-order valence-corrected chi connectivity index (χ3v) is 5.43.